The summed E-state index contributed by atoms with van der Waals surface area (Å²) in [6.07, 6.45) is -41.5. The van der Waals surface area contributed by atoms with E-state index in [0.29, 0.717) is 17.2 Å². The number of sulfonamides is 4. The van der Waals surface area contributed by atoms with Gasteiger partial charge in [-0.3, -0.25) is 19.2 Å². The van der Waals surface area contributed by atoms with Crippen LogP contribution in [0.2, 0.25) is 0 Å². The molecule has 578 valence electrons. The SMILES string of the molecule is O=C(O)C1CCCN1S(=O)(=O)c1cc(C(F)(F)F)cc(C(F)(F)F)c1.O=C(O)C1CCCN1S(=O)(=O)c1cc(C(F)(F)F)cc(C(F)(F)F)c1.O=C(O)C1CCCN1S(=O)(=O)c1cc(C(F)(F)F)cc(C(F)(F)F)c1.O=C(O)C1CCCN1S(=O)(=O)c1cc(C(F)(F)F)cc(C(F)(F)F)c1.[Rh].[Rh]. The summed E-state index contributed by atoms with van der Waals surface area (Å²) in [6, 6.07) is -6.35. The number of hydrogen-bond donors (Lipinski definition) is 4. The van der Waals surface area contributed by atoms with Gasteiger partial charge in [0.05, 0.1) is 64.1 Å². The zero-order valence-corrected chi connectivity index (χ0v) is 56.1. The van der Waals surface area contributed by atoms with Crippen molar-refractivity contribution in [2.45, 2.75) is 145 Å². The van der Waals surface area contributed by atoms with Crippen molar-refractivity contribution in [1.29, 1.82) is 0 Å². The molecule has 0 amide bonds. The van der Waals surface area contributed by atoms with E-state index in [-0.39, 0.29) is 189 Å². The van der Waals surface area contributed by atoms with Crippen LogP contribution in [-0.2, 0) is 148 Å². The van der Waals surface area contributed by atoms with Gasteiger partial charge in [-0.05, 0) is 124 Å². The molecule has 4 atom stereocenters. The second kappa shape index (κ2) is 32.0. The van der Waals surface area contributed by atoms with E-state index in [1.165, 1.54) is 0 Å². The van der Waals surface area contributed by atoms with Crippen molar-refractivity contribution in [3.05, 3.63) is 117 Å². The summed E-state index contributed by atoms with van der Waals surface area (Å²) in [5.74, 6) is -6.10. The van der Waals surface area contributed by atoms with Gasteiger partial charge in [-0.15, -0.1) is 0 Å². The van der Waals surface area contributed by atoms with Crippen LogP contribution in [0.25, 0.3) is 0 Å². The fourth-order valence-electron chi connectivity index (χ4n) is 9.94. The van der Waals surface area contributed by atoms with Crippen molar-refractivity contribution < 1.29 is 218 Å². The molecule has 4 aliphatic rings. The summed E-state index contributed by atoms with van der Waals surface area (Å²) in [5.41, 5.74) is -14.3. The predicted molar refractivity (Wildman–Crippen MR) is 284 cm³/mol. The van der Waals surface area contributed by atoms with Crippen LogP contribution in [-0.4, -0.2) is 146 Å². The van der Waals surface area contributed by atoms with E-state index >= 15 is 0 Å². The molecule has 4 aromatic rings. The number of alkyl halides is 24. The van der Waals surface area contributed by atoms with Crippen molar-refractivity contribution in [3.8, 4) is 0 Å². The Balaban J connectivity index is 0.000000351. The Bertz CT molecular complexity index is 3570. The topological polar surface area (TPSA) is 299 Å². The first-order chi connectivity index (χ1) is 45.0. The maximum Gasteiger partial charge on any atom is 0.416 e. The molecule has 0 aliphatic carbocycles. The second-order valence-corrected chi connectivity index (χ2v) is 29.0. The number of aliphatic carboxylic acids is 4. The summed E-state index contributed by atoms with van der Waals surface area (Å²) in [6.45, 7) is -1.23. The molecule has 4 unspecified atom stereocenters. The number of rotatable bonds is 12. The molecule has 4 aliphatic heterocycles. The minimum Gasteiger partial charge on any atom is -0.480 e. The van der Waals surface area contributed by atoms with Gasteiger partial charge in [-0.2, -0.15) is 123 Å². The first-order valence-electron chi connectivity index (χ1n) is 27.1. The molecule has 0 saturated carbocycles. The molecule has 0 bridgehead atoms. The molecular formula is C52H44F24N4O16Rh2S4. The number of carbonyl (C=O) groups is 4. The van der Waals surface area contributed by atoms with E-state index in [1.54, 1.807) is 0 Å². The normalized spacial score (nSPS) is 19.6. The molecule has 0 spiro atoms. The van der Waals surface area contributed by atoms with Gasteiger partial charge in [0.25, 0.3) is 0 Å². The Morgan fingerprint density at radius 1 is 0.265 bits per heavy atom. The van der Waals surface area contributed by atoms with Crippen molar-refractivity contribution in [3.63, 3.8) is 0 Å². The number of benzene rings is 4. The number of hydrogen-bond acceptors (Lipinski definition) is 12. The van der Waals surface area contributed by atoms with Gasteiger partial charge in [-0.25, -0.2) is 33.7 Å². The third-order valence-corrected chi connectivity index (χ3v) is 22.2. The molecular weight excluding hydrogens is 1730 g/mol. The molecule has 0 aromatic heterocycles. The number of carboxylic acid groups (broad SMARTS) is 4. The van der Waals surface area contributed by atoms with Gasteiger partial charge in [0.2, 0.25) is 40.1 Å². The number of halogens is 24. The summed E-state index contributed by atoms with van der Waals surface area (Å²) in [5, 5.41) is 36.0. The smallest absolute Gasteiger partial charge is 0.416 e. The van der Waals surface area contributed by atoms with Crippen LogP contribution in [0.15, 0.2) is 92.4 Å². The molecule has 2 radical (unpaired) electrons. The van der Waals surface area contributed by atoms with Crippen molar-refractivity contribution in [1.82, 2.24) is 17.2 Å². The van der Waals surface area contributed by atoms with Gasteiger partial charge in [0.1, 0.15) is 24.2 Å². The Labute approximate surface area is 583 Å². The monoisotopic (exact) mass is 1770 g/mol. The Morgan fingerprint density at radius 3 is 0.480 bits per heavy atom. The number of carboxylic acids is 4. The van der Waals surface area contributed by atoms with Gasteiger partial charge in [-0.1, -0.05) is 0 Å². The van der Waals surface area contributed by atoms with Gasteiger partial charge in [0.15, 0.2) is 0 Å². The minimum atomic E-state index is -5.21. The molecule has 4 aromatic carbocycles. The standard InChI is InChI=1S/4C13H11F6NO4S.2Rh/c4*14-12(15,16)7-4-8(13(17,18)19)6-9(5-7)25(23,24)20-3-1-2-10(20)11(21)22;;/h4*4-6,10H,1-3H2,(H,21,22);;. The first-order valence-corrected chi connectivity index (χ1v) is 32.9. The van der Waals surface area contributed by atoms with Crippen LogP contribution in [0.3, 0.4) is 0 Å². The zero-order chi connectivity index (χ0) is 76.8. The van der Waals surface area contributed by atoms with Gasteiger partial charge < -0.3 is 20.4 Å². The van der Waals surface area contributed by atoms with E-state index in [4.69, 9.17) is 20.4 Å². The van der Waals surface area contributed by atoms with Crippen LogP contribution in [0.5, 0.6) is 0 Å². The van der Waals surface area contributed by atoms with Crippen LogP contribution >= 0.6 is 0 Å². The van der Waals surface area contributed by atoms with Crippen LogP contribution in [0, 0.1) is 0 Å². The molecule has 50 heteroatoms. The molecule has 4 fully saturated rings. The second-order valence-electron chi connectivity index (χ2n) is 21.4. The van der Waals surface area contributed by atoms with Crippen molar-refractivity contribution in [2.75, 3.05) is 26.2 Å². The fraction of sp³-hybridized carbons (Fsp3) is 0.462. The third kappa shape index (κ3) is 21.6. The summed E-state index contributed by atoms with van der Waals surface area (Å²) in [4.78, 5) is 39.3. The van der Waals surface area contributed by atoms with Gasteiger partial charge in [0, 0.05) is 65.1 Å². The Morgan fingerprint density at radius 2 is 0.382 bits per heavy atom. The minimum absolute atomic E-state index is 0. The molecule has 4 heterocycles. The maximum absolute atomic E-state index is 12.8. The molecule has 4 saturated heterocycles. The van der Waals surface area contributed by atoms with E-state index in [1.807, 2.05) is 0 Å². The molecule has 102 heavy (non-hydrogen) atoms. The largest absolute Gasteiger partial charge is 0.480 e. The first kappa shape index (κ1) is 90.2. The van der Waals surface area contributed by atoms with Crippen molar-refractivity contribution >= 4 is 64.0 Å². The fourth-order valence-corrected chi connectivity index (χ4v) is 16.8. The van der Waals surface area contributed by atoms with Crippen molar-refractivity contribution in [2.24, 2.45) is 0 Å². The predicted octanol–water partition coefficient (Wildman–Crippen LogP) is 11.8. The van der Waals surface area contributed by atoms with Crippen LogP contribution in [0.1, 0.15) is 95.9 Å². The number of nitrogens with zero attached hydrogens (tertiary/aromatic N) is 4. The Kier molecular flexibility index (Phi) is 28.3. The van der Waals surface area contributed by atoms with E-state index < -0.39 is 202 Å². The molecule has 20 nitrogen and oxygen atoms in total. The van der Waals surface area contributed by atoms with Crippen LogP contribution < -0.4 is 0 Å². The van der Waals surface area contributed by atoms with E-state index in [9.17, 15) is 158 Å². The maximum atomic E-state index is 12.8. The third-order valence-electron chi connectivity index (χ3n) is 14.6. The summed E-state index contributed by atoms with van der Waals surface area (Å²) in [7, 11) is -19.4. The Hall–Kier alpha value is -6.03. The quantitative estimate of drug-likeness (QED) is 0.0757. The zero-order valence-electron chi connectivity index (χ0n) is 49.6. The average molecular weight is 1770 g/mol. The molecule has 8 rings (SSSR count). The summed E-state index contributed by atoms with van der Waals surface area (Å²) < 4.78 is 409. The average Bonchev–Trinajstić information content (AvgIpc) is 1.35. The van der Waals surface area contributed by atoms with E-state index in [0.717, 1.165) is 0 Å². The van der Waals surface area contributed by atoms with Crippen LogP contribution in [0.4, 0.5) is 105 Å². The molecule has 4 N–H and O–H groups in total. The van der Waals surface area contributed by atoms with Gasteiger partial charge >= 0.3 is 73.3 Å². The van der Waals surface area contributed by atoms with E-state index in [2.05, 4.69) is 0 Å². The summed E-state index contributed by atoms with van der Waals surface area (Å²) >= 11 is 0.